The minimum absolute atomic E-state index is 0.0217. The van der Waals surface area contributed by atoms with E-state index in [-0.39, 0.29) is 24.5 Å². The van der Waals surface area contributed by atoms with Crippen molar-refractivity contribution in [1.29, 1.82) is 0 Å². The van der Waals surface area contributed by atoms with E-state index >= 15 is 0 Å². The largest absolute Gasteiger partial charge is 0.487 e. The molecule has 8 heteroatoms. The van der Waals surface area contributed by atoms with Gasteiger partial charge in [0.1, 0.15) is 0 Å². The highest BCUT2D eigenvalue weighted by Crippen LogP contribution is 2.35. The second-order valence-electron chi connectivity index (χ2n) is 4.51. The van der Waals surface area contributed by atoms with Crippen LogP contribution < -0.4 is 4.74 Å². The lowest BCUT2D eigenvalue weighted by molar-refractivity contribution is -0.386. The molecule has 0 aromatic heterocycles. The summed E-state index contributed by atoms with van der Waals surface area (Å²) in [6, 6.07) is 2.93. The zero-order valence-electron chi connectivity index (χ0n) is 11.8. The van der Waals surface area contributed by atoms with Crippen molar-refractivity contribution in [3.63, 3.8) is 0 Å². The molecule has 0 bridgehead atoms. The number of nitro benzene ring substituents is 1. The predicted molar refractivity (Wildman–Crippen MR) is 80.1 cm³/mol. The smallest absolute Gasteiger partial charge is 0.389 e. The third-order valence-corrected chi connectivity index (χ3v) is 3.19. The van der Waals surface area contributed by atoms with Gasteiger partial charge < -0.3 is 4.74 Å². The van der Waals surface area contributed by atoms with Crippen LogP contribution >= 0.6 is 15.9 Å². The number of nitro groups is 1. The maximum absolute atomic E-state index is 12.1. The molecule has 0 N–H and O–H groups in total. The van der Waals surface area contributed by atoms with Gasteiger partial charge in [-0.25, -0.2) is 0 Å². The third kappa shape index (κ3) is 6.05. The fourth-order valence-corrected chi connectivity index (χ4v) is 2.27. The van der Waals surface area contributed by atoms with Crippen molar-refractivity contribution >= 4 is 21.6 Å². The van der Waals surface area contributed by atoms with Gasteiger partial charge >= 0.3 is 11.9 Å². The number of nitrogens with zero attached hydrogens (tertiary/aromatic N) is 1. The fourth-order valence-electron chi connectivity index (χ4n) is 1.78. The Bertz CT molecular complexity index is 559. The van der Waals surface area contributed by atoms with Crippen molar-refractivity contribution in [2.45, 2.75) is 32.4 Å². The van der Waals surface area contributed by atoms with Crippen LogP contribution in [0.25, 0.3) is 0 Å². The molecule has 0 fully saturated rings. The standard InChI is InChI=1S/C14H15BrF3NO3/c1-2-3-5-10-8-11(15)9-12(19(20)21)13(10)22-7-4-6-14(16,17)18/h2-3,8-9H,4-7H2,1H3. The van der Waals surface area contributed by atoms with E-state index in [2.05, 4.69) is 15.9 Å². The summed E-state index contributed by atoms with van der Waals surface area (Å²) in [5.41, 5.74) is 0.284. The van der Waals surface area contributed by atoms with E-state index < -0.39 is 17.5 Å². The molecule has 122 valence electrons. The Morgan fingerprint density at radius 2 is 2.09 bits per heavy atom. The molecular weight excluding hydrogens is 367 g/mol. The Morgan fingerprint density at radius 3 is 2.64 bits per heavy atom. The first-order valence-electron chi connectivity index (χ1n) is 6.52. The van der Waals surface area contributed by atoms with Crippen LogP contribution in [0.2, 0.25) is 0 Å². The molecule has 0 radical (unpaired) electrons. The van der Waals surface area contributed by atoms with Crippen molar-refractivity contribution in [2.75, 3.05) is 6.61 Å². The van der Waals surface area contributed by atoms with Crippen LogP contribution in [0.15, 0.2) is 28.8 Å². The average molecular weight is 382 g/mol. The van der Waals surface area contributed by atoms with E-state index in [1.165, 1.54) is 6.07 Å². The van der Waals surface area contributed by atoms with E-state index in [0.717, 1.165) is 0 Å². The third-order valence-electron chi connectivity index (χ3n) is 2.73. The van der Waals surface area contributed by atoms with Gasteiger partial charge in [-0.1, -0.05) is 28.1 Å². The number of hydrogen-bond donors (Lipinski definition) is 0. The Balaban J connectivity index is 2.95. The highest BCUT2D eigenvalue weighted by atomic mass is 79.9. The van der Waals surface area contributed by atoms with Gasteiger partial charge in [-0.2, -0.15) is 13.2 Å². The van der Waals surface area contributed by atoms with Gasteiger partial charge in [0.2, 0.25) is 5.75 Å². The molecule has 0 aliphatic rings. The maximum atomic E-state index is 12.1. The summed E-state index contributed by atoms with van der Waals surface area (Å²) in [6.07, 6.45) is -1.54. The number of ether oxygens (including phenoxy) is 1. The highest BCUT2D eigenvalue weighted by molar-refractivity contribution is 9.10. The lowest BCUT2D eigenvalue weighted by Crippen LogP contribution is -2.10. The van der Waals surface area contributed by atoms with Gasteiger partial charge in [-0.05, 0) is 25.8 Å². The molecule has 1 aromatic carbocycles. The lowest BCUT2D eigenvalue weighted by Gasteiger charge is -2.12. The summed E-state index contributed by atoms with van der Waals surface area (Å²) in [5, 5.41) is 11.1. The molecule has 1 aromatic rings. The van der Waals surface area contributed by atoms with Crippen molar-refractivity contribution in [2.24, 2.45) is 0 Å². The van der Waals surface area contributed by atoms with Crippen molar-refractivity contribution in [1.82, 2.24) is 0 Å². The summed E-state index contributed by atoms with van der Waals surface area (Å²) in [4.78, 5) is 10.5. The van der Waals surface area contributed by atoms with Crippen LogP contribution in [0.4, 0.5) is 18.9 Å². The van der Waals surface area contributed by atoms with Gasteiger partial charge in [-0.15, -0.1) is 0 Å². The van der Waals surface area contributed by atoms with Gasteiger partial charge in [0.15, 0.2) is 0 Å². The second kappa shape index (κ2) is 8.17. The summed E-state index contributed by atoms with van der Waals surface area (Å²) in [6.45, 7) is 1.57. The normalized spacial score (nSPS) is 11.9. The molecular formula is C14H15BrF3NO3. The molecule has 0 saturated heterocycles. The Hall–Kier alpha value is -1.57. The van der Waals surface area contributed by atoms with Crippen LogP contribution in [-0.2, 0) is 6.42 Å². The highest BCUT2D eigenvalue weighted by Gasteiger charge is 2.27. The minimum atomic E-state index is -4.26. The van der Waals surface area contributed by atoms with Gasteiger partial charge in [-0.3, -0.25) is 10.1 Å². The van der Waals surface area contributed by atoms with Crippen LogP contribution in [0.5, 0.6) is 5.75 Å². The quantitative estimate of drug-likeness (QED) is 0.282. The lowest BCUT2D eigenvalue weighted by atomic mass is 10.1. The molecule has 0 aliphatic heterocycles. The number of halogens is 4. The van der Waals surface area contributed by atoms with E-state index in [0.29, 0.717) is 16.5 Å². The van der Waals surface area contributed by atoms with Crippen LogP contribution in [0.3, 0.4) is 0 Å². The molecule has 1 rings (SSSR count). The van der Waals surface area contributed by atoms with Gasteiger partial charge in [0, 0.05) is 22.5 Å². The first-order valence-corrected chi connectivity index (χ1v) is 7.31. The van der Waals surface area contributed by atoms with Gasteiger partial charge in [0.25, 0.3) is 0 Å². The van der Waals surface area contributed by atoms with E-state index in [4.69, 9.17) is 4.74 Å². The zero-order valence-corrected chi connectivity index (χ0v) is 13.4. The number of hydrogen-bond acceptors (Lipinski definition) is 3. The van der Waals surface area contributed by atoms with E-state index in [9.17, 15) is 23.3 Å². The Labute approximate surface area is 134 Å². The topological polar surface area (TPSA) is 52.4 Å². The molecule has 0 saturated carbocycles. The van der Waals surface area contributed by atoms with Crippen molar-refractivity contribution in [3.8, 4) is 5.75 Å². The number of allylic oxidation sites excluding steroid dienone is 2. The predicted octanol–water partition coefficient (Wildman–Crippen LogP) is 5.20. The average Bonchev–Trinajstić information content (AvgIpc) is 2.40. The summed E-state index contributed by atoms with van der Waals surface area (Å²) in [7, 11) is 0. The summed E-state index contributed by atoms with van der Waals surface area (Å²) in [5.74, 6) is 0.0217. The molecule has 0 unspecified atom stereocenters. The monoisotopic (exact) mass is 381 g/mol. The Kier molecular flexibility index (Phi) is 6.86. The molecule has 22 heavy (non-hydrogen) atoms. The molecule has 0 heterocycles. The Morgan fingerprint density at radius 1 is 1.41 bits per heavy atom. The molecule has 0 amide bonds. The summed E-state index contributed by atoms with van der Waals surface area (Å²) >= 11 is 3.18. The van der Waals surface area contributed by atoms with E-state index in [1.807, 2.05) is 0 Å². The molecule has 0 aliphatic carbocycles. The minimum Gasteiger partial charge on any atom is -0.487 e. The van der Waals surface area contributed by atoms with Crippen molar-refractivity contribution in [3.05, 3.63) is 44.4 Å². The summed E-state index contributed by atoms with van der Waals surface area (Å²) < 4.78 is 42.1. The number of benzene rings is 1. The molecule has 0 atom stereocenters. The zero-order chi connectivity index (χ0) is 16.8. The first-order chi connectivity index (χ1) is 10.2. The molecule has 4 nitrogen and oxygen atoms in total. The first kappa shape index (κ1) is 18.5. The fraction of sp³-hybridized carbons (Fsp3) is 0.429. The van der Waals surface area contributed by atoms with Crippen LogP contribution in [-0.4, -0.2) is 17.7 Å². The van der Waals surface area contributed by atoms with Crippen LogP contribution in [0.1, 0.15) is 25.3 Å². The van der Waals surface area contributed by atoms with Crippen LogP contribution in [0, 0.1) is 10.1 Å². The SMILES string of the molecule is CC=CCc1cc(Br)cc([N+](=O)[O-])c1OCCCC(F)(F)F. The number of rotatable bonds is 7. The molecule has 0 spiro atoms. The van der Waals surface area contributed by atoms with Crippen molar-refractivity contribution < 1.29 is 22.8 Å². The maximum Gasteiger partial charge on any atom is 0.389 e. The second-order valence-corrected chi connectivity index (χ2v) is 5.43. The number of alkyl halides is 3. The van der Waals surface area contributed by atoms with Gasteiger partial charge in [0.05, 0.1) is 11.5 Å². The van der Waals surface area contributed by atoms with E-state index in [1.54, 1.807) is 25.1 Å².